The van der Waals surface area contributed by atoms with Crippen molar-refractivity contribution in [3.05, 3.63) is 70.7 Å². The number of piperidine rings is 1. The summed E-state index contributed by atoms with van der Waals surface area (Å²) in [4.78, 5) is 43.4. The van der Waals surface area contributed by atoms with Crippen LogP contribution in [-0.2, 0) is 9.53 Å². The van der Waals surface area contributed by atoms with Crippen molar-refractivity contribution in [3.8, 4) is 11.1 Å². The van der Waals surface area contributed by atoms with E-state index in [1.54, 1.807) is 0 Å². The quantitative estimate of drug-likeness (QED) is 0.543. The van der Waals surface area contributed by atoms with Crippen LogP contribution in [-0.4, -0.2) is 51.7 Å². The lowest BCUT2D eigenvalue weighted by molar-refractivity contribution is -0.145. The summed E-state index contributed by atoms with van der Waals surface area (Å²) in [7, 11) is 0. The number of likely N-dealkylation sites (tertiary alicyclic amines) is 1. The van der Waals surface area contributed by atoms with Crippen LogP contribution < -0.4 is 5.32 Å². The summed E-state index contributed by atoms with van der Waals surface area (Å²) < 4.78 is 5.54. The molecule has 178 valence electrons. The minimum Gasteiger partial charge on any atom is -0.479 e. The van der Waals surface area contributed by atoms with Gasteiger partial charge in [0.15, 0.2) is 5.13 Å². The molecule has 2 unspecified atom stereocenters. The predicted octanol–water partition coefficient (Wildman–Crippen LogP) is 4.58. The first-order valence-corrected chi connectivity index (χ1v) is 12.4. The number of nitrogens with one attached hydrogen (secondary N) is 1. The Morgan fingerprint density at radius 2 is 1.80 bits per heavy atom. The fraction of sp³-hybridized carbons (Fsp3) is 0.308. The maximum Gasteiger partial charge on any atom is 0.413 e. The summed E-state index contributed by atoms with van der Waals surface area (Å²) in [5.41, 5.74) is 3.45. The third-order valence-corrected chi connectivity index (χ3v) is 8.27. The molecule has 35 heavy (non-hydrogen) atoms. The number of carbonyl (C=O) groups is 3. The van der Waals surface area contributed by atoms with Crippen LogP contribution in [0.3, 0.4) is 0 Å². The summed E-state index contributed by atoms with van der Waals surface area (Å²) in [6.45, 7) is 0.585. The first-order valence-electron chi connectivity index (χ1n) is 11.6. The predicted molar refractivity (Wildman–Crippen MR) is 130 cm³/mol. The van der Waals surface area contributed by atoms with Gasteiger partial charge in [-0.25, -0.2) is 14.6 Å². The number of hydrogen-bond donors (Lipinski definition) is 2. The number of fused-ring (bicyclic) bond motifs is 4. The van der Waals surface area contributed by atoms with Crippen molar-refractivity contribution in [1.82, 2.24) is 9.88 Å². The Kier molecular flexibility index (Phi) is 5.10. The first-order chi connectivity index (χ1) is 17.0. The van der Waals surface area contributed by atoms with Crippen LogP contribution in [0.25, 0.3) is 11.1 Å². The van der Waals surface area contributed by atoms with Crippen molar-refractivity contribution >= 4 is 34.4 Å². The minimum atomic E-state index is -1.08. The third kappa shape index (κ3) is 3.49. The van der Waals surface area contributed by atoms with Gasteiger partial charge in [-0.1, -0.05) is 59.9 Å². The first kappa shape index (κ1) is 21.8. The monoisotopic (exact) mass is 489 g/mol. The summed E-state index contributed by atoms with van der Waals surface area (Å²) in [6, 6.07) is 16.2. The Labute approximate surface area is 205 Å². The average molecular weight is 490 g/mol. The number of carboxylic acid groups (broad SMARTS) is 1. The Morgan fingerprint density at radius 3 is 2.49 bits per heavy atom. The van der Waals surface area contributed by atoms with E-state index in [9.17, 15) is 19.5 Å². The van der Waals surface area contributed by atoms with Crippen LogP contribution in [0.5, 0.6) is 0 Å². The zero-order valence-corrected chi connectivity index (χ0v) is 19.6. The SMILES string of the molecule is O=C(Nc1ncc(C(=O)N2CCCC3CC32C(=O)O)s1)OCC1c2ccccc2-c2ccccc21. The highest BCUT2D eigenvalue weighted by Gasteiger charge is 2.66. The lowest BCUT2D eigenvalue weighted by Crippen LogP contribution is -2.51. The number of rotatable bonds is 5. The van der Waals surface area contributed by atoms with E-state index in [4.69, 9.17) is 4.74 Å². The molecule has 0 bridgehead atoms. The highest BCUT2D eigenvalue weighted by molar-refractivity contribution is 7.17. The van der Waals surface area contributed by atoms with Crippen LogP contribution in [0.2, 0.25) is 0 Å². The van der Waals surface area contributed by atoms with E-state index >= 15 is 0 Å². The van der Waals surface area contributed by atoms with Gasteiger partial charge in [0.1, 0.15) is 17.0 Å². The van der Waals surface area contributed by atoms with Crippen LogP contribution in [0.4, 0.5) is 9.93 Å². The number of aromatic nitrogens is 1. The van der Waals surface area contributed by atoms with Crippen molar-refractivity contribution in [2.75, 3.05) is 18.5 Å². The molecule has 2 atom stereocenters. The van der Waals surface area contributed by atoms with Crippen molar-refractivity contribution in [3.63, 3.8) is 0 Å². The molecule has 2 N–H and O–H groups in total. The number of ether oxygens (including phenoxy) is 1. The standard InChI is InChI=1S/C26H23N3O5S/c30-22(29-11-5-6-15-12-26(15,29)23(31)32)21-13-27-24(35-21)28-25(33)34-14-20-18-9-3-1-7-16(18)17-8-2-4-10-19(17)20/h1-4,7-10,13,15,20H,5-6,11-12,14H2,(H,31,32)(H,27,28,33). The van der Waals surface area contributed by atoms with Gasteiger partial charge in [0, 0.05) is 12.5 Å². The molecule has 1 saturated heterocycles. The topological polar surface area (TPSA) is 109 Å². The average Bonchev–Trinajstić information content (AvgIpc) is 3.33. The Hall–Kier alpha value is -3.72. The molecule has 6 rings (SSSR count). The van der Waals surface area contributed by atoms with Crippen molar-refractivity contribution < 1.29 is 24.2 Å². The maximum absolute atomic E-state index is 13.1. The Balaban J connectivity index is 1.11. The van der Waals surface area contributed by atoms with Crippen molar-refractivity contribution in [1.29, 1.82) is 0 Å². The molecule has 2 heterocycles. The van der Waals surface area contributed by atoms with E-state index in [0.717, 1.165) is 46.4 Å². The molecule has 1 aromatic heterocycles. The van der Waals surface area contributed by atoms with Crippen molar-refractivity contribution in [2.45, 2.75) is 30.7 Å². The van der Waals surface area contributed by atoms with Gasteiger partial charge < -0.3 is 14.7 Å². The van der Waals surface area contributed by atoms with E-state index in [1.807, 2.05) is 24.3 Å². The number of amides is 2. The number of hydrogen-bond acceptors (Lipinski definition) is 6. The lowest BCUT2D eigenvalue weighted by Gasteiger charge is -2.33. The molecule has 8 nitrogen and oxygen atoms in total. The third-order valence-electron chi connectivity index (χ3n) is 7.37. The highest BCUT2D eigenvalue weighted by atomic mass is 32.1. The van der Waals surface area contributed by atoms with Gasteiger partial charge >= 0.3 is 12.1 Å². The summed E-state index contributed by atoms with van der Waals surface area (Å²) in [5.74, 6) is -1.34. The minimum absolute atomic E-state index is 0.0176. The fourth-order valence-electron chi connectivity index (χ4n) is 5.63. The molecule has 1 saturated carbocycles. The summed E-state index contributed by atoms with van der Waals surface area (Å²) >= 11 is 1.02. The molecule has 3 aliphatic rings. The smallest absolute Gasteiger partial charge is 0.413 e. The van der Waals surface area contributed by atoms with Gasteiger partial charge in [-0.05, 0) is 47.4 Å². The number of nitrogens with zero attached hydrogens (tertiary/aromatic N) is 2. The molecule has 2 amide bonds. The highest BCUT2D eigenvalue weighted by Crippen LogP contribution is 2.54. The molecule has 9 heteroatoms. The number of thiazole rings is 1. The van der Waals surface area contributed by atoms with E-state index in [-0.39, 0.29) is 29.5 Å². The van der Waals surface area contributed by atoms with Crippen LogP contribution in [0.15, 0.2) is 54.7 Å². The molecule has 1 aliphatic heterocycles. The van der Waals surface area contributed by atoms with Gasteiger partial charge in [0.25, 0.3) is 5.91 Å². The Bertz CT molecular complexity index is 1310. The van der Waals surface area contributed by atoms with E-state index in [0.29, 0.717) is 17.8 Å². The van der Waals surface area contributed by atoms with Crippen molar-refractivity contribution in [2.24, 2.45) is 5.92 Å². The van der Waals surface area contributed by atoms with Gasteiger partial charge in [-0.3, -0.25) is 10.1 Å². The second-order valence-electron chi connectivity index (χ2n) is 9.21. The number of carbonyl (C=O) groups excluding carboxylic acids is 2. The molecular weight excluding hydrogens is 466 g/mol. The lowest BCUT2D eigenvalue weighted by atomic mass is 9.98. The largest absolute Gasteiger partial charge is 0.479 e. The van der Waals surface area contributed by atoms with Gasteiger partial charge in [0.05, 0.1) is 6.20 Å². The van der Waals surface area contributed by atoms with Gasteiger partial charge in [-0.2, -0.15) is 0 Å². The molecule has 2 aliphatic carbocycles. The number of aliphatic carboxylic acids is 1. The molecule has 3 aromatic rings. The molecule has 0 spiro atoms. The second-order valence-corrected chi connectivity index (χ2v) is 10.2. The van der Waals surface area contributed by atoms with E-state index in [2.05, 4.69) is 34.6 Å². The number of carboxylic acids is 1. The molecule has 0 radical (unpaired) electrons. The van der Waals surface area contributed by atoms with E-state index < -0.39 is 17.6 Å². The van der Waals surface area contributed by atoms with Crippen LogP contribution >= 0.6 is 11.3 Å². The van der Waals surface area contributed by atoms with Gasteiger partial charge in [0.2, 0.25) is 0 Å². The fourth-order valence-corrected chi connectivity index (χ4v) is 6.38. The zero-order valence-electron chi connectivity index (χ0n) is 18.8. The van der Waals surface area contributed by atoms with E-state index in [1.165, 1.54) is 11.1 Å². The van der Waals surface area contributed by atoms with Crippen LogP contribution in [0, 0.1) is 5.92 Å². The molecule has 2 aromatic carbocycles. The summed E-state index contributed by atoms with van der Waals surface area (Å²) in [6.07, 6.45) is 2.84. The zero-order chi connectivity index (χ0) is 24.2. The normalized spacial score (nSPS) is 22.1. The van der Waals surface area contributed by atoms with Gasteiger partial charge in [-0.15, -0.1) is 0 Å². The molecule has 2 fully saturated rings. The second kappa shape index (κ2) is 8.20. The van der Waals surface area contributed by atoms with Crippen LogP contribution in [0.1, 0.15) is 46.0 Å². The Morgan fingerprint density at radius 1 is 1.11 bits per heavy atom. The number of benzene rings is 2. The number of anilines is 1. The molecular formula is C26H23N3O5S. The maximum atomic E-state index is 13.1. The summed E-state index contributed by atoms with van der Waals surface area (Å²) in [5, 5.41) is 12.6.